The van der Waals surface area contributed by atoms with Crippen LogP contribution in [-0.2, 0) is 6.18 Å². The van der Waals surface area contributed by atoms with Crippen LogP contribution in [-0.4, -0.2) is 37.2 Å². The van der Waals surface area contributed by atoms with Gasteiger partial charge in [0, 0.05) is 30.5 Å². The van der Waals surface area contributed by atoms with E-state index in [9.17, 15) is 18.0 Å². The summed E-state index contributed by atoms with van der Waals surface area (Å²) in [5.41, 5.74) is -0.159. The van der Waals surface area contributed by atoms with Crippen LogP contribution >= 0.6 is 0 Å². The maximum Gasteiger partial charge on any atom is 0.434 e. The molecule has 1 aliphatic rings. The molecule has 0 fully saturated rings. The second kappa shape index (κ2) is 9.29. The van der Waals surface area contributed by atoms with Crippen LogP contribution in [0, 0.1) is 0 Å². The molecule has 2 N–H and O–H groups in total. The zero-order valence-electron chi connectivity index (χ0n) is 18.5. The van der Waals surface area contributed by atoms with Gasteiger partial charge in [0.05, 0.1) is 0 Å². The molecule has 7 nitrogen and oxygen atoms in total. The van der Waals surface area contributed by atoms with E-state index in [1.165, 1.54) is 4.40 Å². The SMILES string of the molecule is CC(C)n1nccc1C(=O)NC1C=CCCC(Nc2cccc3nc(C(F)(F)F)cn23)CC1. The van der Waals surface area contributed by atoms with Gasteiger partial charge in [-0.15, -0.1) is 0 Å². The molecule has 0 aromatic carbocycles. The minimum Gasteiger partial charge on any atom is -0.368 e. The Morgan fingerprint density at radius 2 is 2.00 bits per heavy atom. The van der Waals surface area contributed by atoms with E-state index in [0.717, 1.165) is 25.5 Å². The van der Waals surface area contributed by atoms with E-state index in [0.29, 0.717) is 17.9 Å². The molecule has 0 aliphatic heterocycles. The molecule has 0 saturated carbocycles. The van der Waals surface area contributed by atoms with Crippen molar-refractivity contribution in [2.45, 2.75) is 63.8 Å². The number of aromatic nitrogens is 4. The minimum atomic E-state index is -4.50. The van der Waals surface area contributed by atoms with Crippen LogP contribution in [0.1, 0.15) is 61.8 Å². The molecule has 1 amide bonds. The quantitative estimate of drug-likeness (QED) is 0.535. The number of carbonyl (C=O) groups excluding carboxylic acids is 1. The average molecular weight is 461 g/mol. The van der Waals surface area contributed by atoms with Crippen LogP contribution in [0.2, 0.25) is 0 Å². The first-order valence-corrected chi connectivity index (χ1v) is 11.1. The van der Waals surface area contributed by atoms with Crippen molar-refractivity contribution >= 4 is 17.4 Å². The van der Waals surface area contributed by atoms with Crippen molar-refractivity contribution in [1.82, 2.24) is 24.5 Å². The maximum absolute atomic E-state index is 13.1. The predicted octanol–water partition coefficient (Wildman–Crippen LogP) is 4.84. The van der Waals surface area contributed by atoms with Gasteiger partial charge in [-0.1, -0.05) is 18.2 Å². The van der Waals surface area contributed by atoms with E-state index in [4.69, 9.17) is 0 Å². The lowest BCUT2D eigenvalue weighted by molar-refractivity contribution is -0.140. The first-order valence-electron chi connectivity index (χ1n) is 11.1. The van der Waals surface area contributed by atoms with Gasteiger partial charge in [-0.25, -0.2) is 4.98 Å². The molecule has 0 spiro atoms. The van der Waals surface area contributed by atoms with Crippen molar-refractivity contribution in [2.24, 2.45) is 0 Å². The normalized spacial score (nSPS) is 19.5. The summed E-state index contributed by atoms with van der Waals surface area (Å²) in [7, 11) is 0. The zero-order valence-corrected chi connectivity index (χ0v) is 18.5. The van der Waals surface area contributed by atoms with Crippen LogP contribution < -0.4 is 10.6 Å². The summed E-state index contributed by atoms with van der Waals surface area (Å²) in [5, 5.41) is 10.7. The Hall–Kier alpha value is -3.30. The fourth-order valence-corrected chi connectivity index (χ4v) is 4.07. The Bertz CT molecular complexity index is 1150. The van der Waals surface area contributed by atoms with Crippen molar-refractivity contribution < 1.29 is 18.0 Å². The summed E-state index contributed by atoms with van der Waals surface area (Å²) in [6.07, 6.45) is 5.25. The monoisotopic (exact) mass is 460 g/mol. The molecule has 1 aliphatic carbocycles. The smallest absolute Gasteiger partial charge is 0.368 e. The number of anilines is 1. The molecular formula is C23H27F3N6O. The van der Waals surface area contributed by atoms with Crippen LogP contribution in [0.4, 0.5) is 19.0 Å². The fraction of sp³-hybridized carbons (Fsp3) is 0.435. The maximum atomic E-state index is 13.1. The molecule has 3 aromatic heterocycles. The standard InChI is InChI=1S/C23H27F3N6O/c1-15(2)32-18(12-13-27-32)22(33)29-17-7-4-3-6-16(10-11-17)28-20-8-5-9-21-30-19(14-31(20)21)23(24,25)26/h4-5,7-9,12-17,28H,3,6,10-11H2,1-2H3,(H,29,33). The molecule has 10 heteroatoms. The number of hydrogen-bond donors (Lipinski definition) is 2. The Balaban J connectivity index is 1.44. The molecule has 0 bridgehead atoms. The Morgan fingerprint density at radius 3 is 2.76 bits per heavy atom. The first kappa shape index (κ1) is 22.9. The predicted molar refractivity (Wildman–Crippen MR) is 119 cm³/mol. The number of imidazole rings is 1. The number of hydrogen-bond acceptors (Lipinski definition) is 4. The van der Waals surface area contributed by atoms with Crippen LogP contribution in [0.25, 0.3) is 5.65 Å². The molecule has 0 saturated heterocycles. The van der Waals surface area contributed by atoms with E-state index in [1.54, 1.807) is 35.1 Å². The molecule has 2 atom stereocenters. The summed E-state index contributed by atoms with van der Waals surface area (Å²) in [6, 6.07) is 6.66. The number of fused-ring (bicyclic) bond motifs is 1. The van der Waals surface area contributed by atoms with Gasteiger partial charge in [0.1, 0.15) is 17.2 Å². The summed E-state index contributed by atoms with van der Waals surface area (Å²) in [5.74, 6) is 0.385. The van der Waals surface area contributed by atoms with E-state index < -0.39 is 11.9 Å². The first-order chi connectivity index (χ1) is 15.7. The second-order valence-corrected chi connectivity index (χ2v) is 8.52. The number of carbonyl (C=O) groups is 1. The molecule has 4 rings (SSSR count). The second-order valence-electron chi connectivity index (χ2n) is 8.52. The number of nitrogens with one attached hydrogen (secondary N) is 2. The van der Waals surface area contributed by atoms with Gasteiger partial charge in [0.25, 0.3) is 5.91 Å². The van der Waals surface area contributed by atoms with E-state index in [2.05, 4.69) is 20.7 Å². The van der Waals surface area contributed by atoms with Gasteiger partial charge in [0.15, 0.2) is 5.69 Å². The molecule has 3 aromatic rings. The van der Waals surface area contributed by atoms with Gasteiger partial charge in [-0.05, 0) is 57.7 Å². The van der Waals surface area contributed by atoms with Crippen LogP contribution in [0.15, 0.2) is 48.8 Å². The minimum absolute atomic E-state index is 0.0397. The van der Waals surface area contributed by atoms with E-state index in [-0.39, 0.29) is 29.7 Å². The van der Waals surface area contributed by atoms with Crippen LogP contribution in [0.5, 0.6) is 0 Å². The Morgan fingerprint density at radius 1 is 1.18 bits per heavy atom. The third kappa shape index (κ3) is 5.20. The Kier molecular flexibility index (Phi) is 6.44. The zero-order chi connectivity index (χ0) is 23.6. The van der Waals surface area contributed by atoms with Gasteiger partial charge in [-0.3, -0.25) is 13.9 Å². The number of alkyl halides is 3. The Labute approximate surface area is 189 Å². The molecule has 2 unspecified atom stereocenters. The summed E-state index contributed by atoms with van der Waals surface area (Å²) >= 11 is 0. The lowest BCUT2D eigenvalue weighted by Crippen LogP contribution is -2.36. The number of allylic oxidation sites excluding steroid dienone is 1. The largest absolute Gasteiger partial charge is 0.434 e. The van der Waals surface area contributed by atoms with Crippen molar-refractivity contribution in [3.05, 3.63) is 60.2 Å². The van der Waals surface area contributed by atoms with Crippen LogP contribution in [0.3, 0.4) is 0 Å². The summed E-state index contributed by atoms with van der Waals surface area (Å²) in [4.78, 5) is 16.5. The van der Waals surface area contributed by atoms with Gasteiger partial charge < -0.3 is 10.6 Å². The number of amides is 1. The van der Waals surface area contributed by atoms with Gasteiger partial charge in [0.2, 0.25) is 0 Å². The average Bonchev–Trinajstić information content (AvgIpc) is 3.40. The molecule has 176 valence electrons. The van der Waals surface area contributed by atoms with Crippen molar-refractivity contribution in [1.29, 1.82) is 0 Å². The number of rotatable bonds is 5. The van der Waals surface area contributed by atoms with Crippen molar-refractivity contribution in [3.8, 4) is 0 Å². The number of pyridine rings is 1. The molecule has 0 radical (unpaired) electrons. The van der Waals surface area contributed by atoms with E-state index in [1.807, 2.05) is 26.0 Å². The lowest BCUT2D eigenvalue weighted by atomic mass is 9.98. The number of halogens is 3. The highest BCUT2D eigenvalue weighted by Crippen LogP contribution is 2.30. The molecular weight excluding hydrogens is 433 g/mol. The molecule has 3 heterocycles. The third-order valence-corrected chi connectivity index (χ3v) is 5.72. The lowest BCUT2D eigenvalue weighted by Gasteiger charge is -2.25. The van der Waals surface area contributed by atoms with Crippen molar-refractivity contribution in [3.63, 3.8) is 0 Å². The molecule has 33 heavy (non-hydrogen) atoms. The van der Waals surface area contributed by atoms with Crippen molar-refractivity contribution in [2.75, 3.05) is 5.32 Å². The summed E-state index contributed by atoms with van der Waals surface area (Å²) in [6.45, 7) is 3.93. The highest BCUT2D eigenvalue weighted by Gasteiger charge is 2.34. The van der Waals surface area contributed by atoms with Gasteiger partial charge in [-0.2, -0.15) is 18.3 Å². The summed E-state index contributed by atoms with van der Waals surface area (Å²) < 4.78 is 42.4. The highest BCUT2D eigenvalue weighted by atomic mass is 19.4. The number of nitrogens with zero attached hydrogens (tertiary/aromatic N) is 4. The third-order valence-electron chi connectivity index (χ3n) is 5.72. The highest BCUT2D eigenvalue weighted by molar-refractivity contribution is 5.92. The topological polar surface area (TPSA) is 76.2 Å². The van der Waals surface area contributed by atoms with Gasteiger partial charge >= 0.3 is 6.18 Å². The fourth-order valence-electron chi connectivity index (χ4n) is 4.07. The van der Waals surface area contributed by atoms with E-state index >= 15 is 0 Å².